The van der Waals surface area contributed by atoms with Gasteiger partial charge in [-0.2, -0.15) is 0 Å². The maximum absolute atomic E-state index is 12.4. The summed E-state index contributed by atoms with van der Waals surface area (Å²) >= 11 is 0. The molecule has 1 aliphatic rings. The van der Waals surface area contributed by atoms with Crippen molar-refractivity contribution in [1.29, 1.82) is 0 Å². The average molecular weight is 326 g/mol. The number of rotatable bonds is 6. The van der Waals surface area contributed by atoms with Crippen molar-refractivity contribution >= 4 is 11.6 Å². The molecule has 2 N–H and O–H groups in total. The molecule has 5 heteroatoms. The SMILES string of the molecule is C[C@H](CNc1ccccc1)NC(=O)c1cccc(C2OCCO2)c1. The number of anilines is 1. The van der Waals surface area contributed by atoms with Crippen molar-refractivity contribution in [3.05, 3.63) is 65.7 Å². The van der Waals surface area contributed by atoms with Gasteiger partial charge in [0, 0.05) is 29.4 Å². The molecular formula is C19H22N2O3. The average Bonchev–Trinajstić information content (AvgIpc) is 3.16. The summed E-state index contributed by atoms with van der Waals surface area (Å²) in [6.45, 7) is 3.80. The molecule has 2 aromatic carbocycles. The van der Waals surface area contributed by atoms with Crippen LogP contribution >= 0.6 is 0 Å². The zero-order valence-electron chi connectivity index (χ0n) is 13.7. The summed E-state index contributed by atoms with van der Waals surface area (Å²) in [5.41, 5.74) is 2.52. The zero-order valence-corrected chi connectivity index (χ0v) is 13.7. The van der Waals surface area contributed by atoms with Crippen molar-refractivity contribution in [2.45, 2.75) is 19.3 Å². The van der Waals surface area contributed by atoms with Gasteiger partial charge < -0.3 is 20.1 Å². The molecule has 0 bridgehead atoms. The molecule has 5 nitrogen and oxygen atoms in total. The number of carbonyl (C=O) groups is 1. The Kier molecular flexibility index (Phi) is 5.46. The van der Waals surface area contributed by atoms with Crippen LogP contribution in [0.4, 0.5) is 5.69 Å². The standard InChI is InChI=1S/C19H22N2O3/c1-14(13-20-17-8-3-2-4-9-17)21-18(22)15-6-5-7-16(12-15)19-23-10-11-24-19/h2-9,12,14,19-20H,10-11,13H2,1H3,(H,21,22)/t14-/m1/s1. The van der Waals surface area contributed by atoms with Crippen molar-refractivity contribution in [3.8, 4) is 0 Å². The van der Waals surface area contributed by atoms with Gasteiger partial charge in [-0.25, -0.2) is 0 Å². The van der Waals surface area contributed by atoms with Gasteiger partial charge in [-0.3, -0.25) is 4.79 Å². The number of benzene rings is 2. The van der Waals surface area contributed by atoms with Crippen LogP contribution in [-0.2, 0) is 9.47 Å². The van der Waals surface area contributed by atoms with Gasteiger partial charge in [0.25, 0.3) is 5.91 Å². The Morgan fingerprint density at radius 2 is 1.88 bits per heavy atom. The minimum absolute atomic E-state index is 0.000317. The highest BCUT2D eigenvalue weighted by Crippen LogP contribution is 2.23. The Morgan fingerprint density at radius 1 is 1.12 bits per heavy atom. The number of hydrogen-bond acceptors (Lipinski definition) is 4. The van der Waals surface area contributed by atoms with Crippen molar-refractivity contribution in [3.63, 3.8) is 0 Å². The third-order valence-electron chi connectivity index (χ3n) is 3.81. The molecule has 1 fully saturated rings. The quantitative estimate of drug-likeness (QED) is 0.857. The number of hydrogen-bond donors (Lipinski definition) is 2. The molecule has 1 amide bonds. The first-order valence-corrected chi connectivity index (χ1v) is 8.15. The Balaban J connectivity index is 1.55. The van der Waals surface area contributed by atoms with Crippen LogP contribution in [-0.4, -0.2) is 31.7 Å². The minimum atomic E-state index is -0.366. The molecule has 0 saturated carbocycles. The third-order valence-corrected chi connectivity index (χ3v) is 3.81. The second-order valence-corrected chi connectivity index (χ2v) is 5.82. The molecule has 24 heavy (non-hydrogen) atoms. The van der Waals surface area contributed by atoms with Crippen molar-refractivity contribution in [2.24, 2.45) is 0 Å². The molecule has 3 rings (SSSR count). The van der Waals surface area contributed by atoms with E-state index < -0.39 is 0 Å². The fraction of sp³-hybridized carbons (Fsp3) is 0.316. The van der Waals surface area contributed by atoms with Crippen LogP contribution in [0.1, 0.15) is 29.1 Å². The van der Waals surface area contributed by atoms with Gasteiger partial charge in [-0.1, -0.05) is 30.3 Å². The largest absolute Gasteiger partial charge is 0.383 e. The zero-order chi connectivity index (χ0) is 16.8. The van der Waals surface area contributed by atoms with Crippen molar-refractivity contribution in [2.75, 3.05) is 25.1 Å². The molecule has 1 atom stereocenters. The van der Waals surface area contributed by atoms with Crippen LogP contribution in [0.25, 0.3) is 0 Å². The smallest absolute Gasteiger partial charge is 0.251 e. The van der Waals surface area contributed by atoms with Gasteiger partial charge in [0.15, 0.2) is 6.29 Å². The number of para-hydroxylation sites is 1. The molecule has 1 aliphatic heterocycles. The van der Waals surface area contributed by atoms with Crippen LogP contribution in [0, 0.1) is 0 Å². The number of nitrogens with one attached hydrogen (secondary N) is 2. The molecule has 126 valence electrons. The maximum atomic E-state index is 12.4. The molecule has 0 spiro atoms. The lowest BCUT2D eigenvalue weighted by molar-refractivity contribution is -0.0441. The molecule has 2 aromatic rings. The van der Waals surface area contributed by atoms with E-state index in [0.29, 0.717) is 25.3 Å². The summed E-state index contributed by atoms with van der Waals surface area (Å²) in [7, 11) is 0. The second-order valence-electron chi connectivity index (χ2n) is 5.82. The Labute approximate surface area is 142 Å². The van der Waals surface area contributed by atoms with E-state index in [-0.39, 0.29) is 18.2 Å². The Bertz CT molecular complexity index is 669. The fourth-order valence-corrected chi connectivity index (χ4v) is 2.56. The van der Waals surface area contributed by atoms with Crippen LogP contribution < -0.4 is 10.6 Å². The lowest BCUT2D eigenvalue weighted by atomic mass is 10.1. The Morgan fingerprint density at radius 3 is 2.62 bits per heavy atom. The second kappa shape index (κ2) is 7.95. The highest BCUT2D eigenvalue weighted by Gasteiger charge is 2.19. The topological polar surface area (TPSA) is 59.6 Å². The highest BCUT2D eigenvalue weighted by atomic mass is 16.7. The number of ether oxygens (including phenoxy) is 2. The van der Waals surface area contributed by atoms with Crippen LogP contribution in [0.5, 0.6) is 0 Å². The summed E-state index contributed by atoms with van der Waals surface area (Å²) in [5, 5.41) is 6.30. The molecule has 1 heterocycles. The fourth-order valence-electron chi connectivity index (χ4n) is 2.56. The summed E-state index contributed by atoms with van der Waals surface area (Å²) in [5.74, 6) is -0.0998. The van der Waals surface area contributed by atoms with E-state index in [1.807, 2.05) is 55.5 Å². The number of carbonyl (C=O) groups excluding carboxylic acids is 1. The Hall–Kier alpha value is -2.37. The summed E-state index contributed by atoms with van der Waals surface area (Å²) < 4.78 is 11.0. The van der Waals surface area contributed by atoms with Crippen LogP contribution in [0.2, 0.25) is 0 Å². The van der Waals surface area contributed by atoms with E-state index in [1.54, 1.807) is 6.07 Å². The summed E-state index contributed by atoms with van der Waals surface area (Å²) in [6, 6.07) is 17.3. The predicted molar refractivity (Wildman–Crippen MR) is 92.9 cm³/mol. The first-order chi connectivity index (χ1) is 11.7. The first-order valence-electron chi connectivity index (χ1n) is 8.15. The lowest BCUT2D eigenvalue weighted by Crippen LogP contribution is -2.37. The molecule has 0 unspecified atom stereocenters. The first kappa shape index (κ1) is 16.5. The molecule has 0 aromatic heterocycles. The predicted octanol–water partition coefficient (Wildman–Crippen LogP) is 2.96. The van der Waals surface area contributed by atoms with Crippen LogP contribution in [0.15, 0.2) is 54.6 Å². The highest BCUT2D eigenvalue weighted by molar-refractivity contribution is 5.94. The van der Waals surface area contributed by atoms with Gasteiger partial charge in [0.2, 0.25) is 0 Å². The van der Waals surface area contributed by atoms with Gasteiger partial charge in [0.1, 0.15) is 0 Å². The van der Waals surface area contributed by atoms with E-state index >= 15 is 0 Å². The third kappa shape index (κ3) is 4.34. The molecule has 0 aliphatic carbocycles. The monoisotopic (exact) mass is 326 g/mol. The molecular weight excluding hydrogens is 304 g/mol. The van der Waals surface area contributed by atoms with Crippen molar-refractivity contribution < 1.29 is 14.3 Å². The molecule has 0 radical (unpaired) electrons. The number of amides is 1. The van der Waals surface area contributed by atoms with Gasteiger partial charge in [0.05, 0.1) is 13.2 Å². The normalized spacial score (nSPS) is 15.9. The van der Waals surface area contributed by atoms with E-state index in [0.717, 1.165) is 11.3 Å². The maximum Gasteiger partial charge on any atom is 0.251 e. The summed E-state index contributed by atoms with van der Waals surface area (Å²) in [6.07, 6.45) is -0.366. The van der Waals surface area contributed by atoms with Gasteiger partial charge in [-0.05, 0) is 31.2 Å². The molecule has 1 saturated heterocycles. The van der Waals surface area contributed by atoms with Crippen LogP contribution in [0.3, 0.4) is 0 Å². The lowest BCUT2D eigenvalue weighted by Gasteiger charge is -2.16. The van der Waals surface area contributed by atoms with Gasteiger partial charge in [-0.15, -0.1) is 0 Å². The minimum Gasteiger partial charge on any atom is -0.383 e. The van der Waals surface area contributed by atoms with Gasteiger partial charge >= 0.3 is 0 Å². The summed E-state index contributed by atoms with van der Waals surface area (Å²) in [4.78, 5) is 12.4. The van der Waals surface area contributed by atoms with Crippen molar-refractivity contribution in [1.82, 2.24) is 5.32 Å². The van der Waals surface area contributed by atoms with E-state index in [4.69, 9.17) is 9.47 Å². The van der Waals surface area contributed by atoms with E-state index in [2.05, 4.69) is 10.6 Å². The van der Waals surface area contributed by atoms with E-state index in [9.17, 15) is 4.79 Å². The van der Waals surface area contributed by atoms with E-state index in [1.165, 1.54) is 0 Å².